The van der Waals surface area contributed by atoms with Gasteiger partial charge in [0.2, 0.25) is 5.91 Å². The van der Waals surface area contributed by atoms with E-state index >= 15 is 0 Å². The van der Waals surface area contributed by atoms with E-state index in [9.17, 15) is 14.4 Å². The lowest BCUT2D eigenvalue weighted by Crippen LogP contribution is -2.26. The third-order valence-electron chi connectivity index (χ3n) is 6.01. The molecule has 6 nitrogen and oxygen atoms in total. The quantitative estimate of drug-likeness (QED) is 0.433. The predicted octanol–water partition coefficient (Wildman–Crippen LogP) is 4.63. The van der Waals surface area contributed by atoms with E-state index in [2.05, 4.69) is 13.8 Å². The van der Waals surface area contributed by atoms with Gasteiger partial charge in [-0.1, -0.05) is 31.5 Å². The monoisotopic (exact) mass is 433 g/mol. The highest BCUT2D eigenvalue weighted by Gasteiger charge is 2.36. The first-order valence-corrected chi connectivity index (χ1v) is 10.8. The molecule has 32 heavy (non-hydrogen) atoms. The molecule has 1 saturated heterocycles. The van der Waals surface area contributed by atoms with Crippen LogP contribution in [0.15, 0.2) is 51.7 Å². The number of fused-ring (bicyclic) bond motifs is 1. The molecular weight excluding hydrogens is 406 g/mol. The molecule has 1 atom stereocenters. The Hall–Kier alpha value is -3.41. The molecule has 6 heteroatoms. The number of ether oxygens (including phenoxy) is 1. The van der Waals surface area contributed by atoms with Gasteiger partial charge in [0.1, 0.15) is 12.2 Å². The number of esters is 1. The number of rotatable bonds is 5. The summed E-state index contributed by atoms with van der Waals surface area (Å²) in [7, 11) is 0. The van der Waals surface area contributed by atoms with Gasteiger partial charge in [-0.15, -0.1) is 0 Å². The summed E-state index contributed by atoms with van der Waals surface area (Å²) in [4.78, 5) is 38.9. The van der Waals surface area contributed by atoms with E-state index in [1.807, 2.05) is 50.2 Å². The van der Waals surface area contributed by atoms with Gasteiger partial charge in [0, 0.05) is 35.7 Å². The number of amides is 1. The van der Waals surface area contributed by atoms with Crippen LogP contribution in [-0.2, 0) is 20.9 Å². The molecule has 1 amide bonds. The number of aryl methyl sites for hydroxylation is 2. The lowest BCUT2D eigenvalue weighted by atomic mass is 9.95. The summed E-state index contributed by atoms with van der Waals surface area (Å²) < 4.78 is 10.9. The maximum Gasteiger partial charge on any atom is 0.336 e. The fourth-order valence-corrected chi connectivity index (χ4v) is 4.24. The highest BCUT2D eigenvalue weighted by molar-refractivity contribution is 5.99. The molecule has 0 unspecified atom stereocenters. The van der Waals surface area contributed by atoms with Crippen molar-refractivity contribution in [3.63, 3.8) is 0 Å². The van der Waals surface area contributed by atoms with Gasteiger partial charge < -0.3 is 14.1 Å². The van der Waals surface area contributed by atoms with Gasteiger partial charge in [-0.05, 0) is 55.2 Å². The average Bonchev–Trinajstić information content (AvgIpc) is 3.13. The van der Waals surface area contributed by atoms with Crippen LogP contribution in [0.3, 0.4) is 0 Å². The van der Waals surface area contributed by atoms with Crippen molar-refractivity contribution < 1.29 is 18.7 Å². The predicted molar refractivity (Wildman–Crippen MR) is 123 cm³/mol. The van der Waals surface area contributed by atoms with E-state index in [0.29, 0.717) is 17.1 Å². The molecular formula is C26H27NO5. The van der Waals surface area contributed by atoms with Crippen LogP contribution >= 0.6 is 0 Å². The van der Waals surface area contributed by atoms with E-state index in [-0.39, 0.29) is 25.5 Å². The zero-order chi connectivity index (χ0) is 23.0. The second-order valence-corrected chi connectivity index (χ2v) is 8.80. The topological polar surface area (TPSA) is 76.8 Å². The van der Waals surface area contributed by atoms with Crippen LogP contribution in [0.25, 0.3) is 11.0 Å². The zero-order valence-electron chi connectivity index (χ0n) is 18.8. The van der Waals surface area contributed by atoms with E-state index in [1.165, 1.54) is 6.07 Å². The molecule has 1 aliphatic heterocycles. The standard InChI is InChI=1S/C26H27NO5/c1-15(2)21-12-22-19(11-25(29)32-23(22)9-17(21)4)14-31-26(30)18-10-24(28)27(13-18)20-7-5-16(3)6-8-20/h5-9,11-12,15,18H,10,13-14H2,1-4H3/t18-/m1/s1. The Balaban J connectivity index is 1.51. The van der Waals surface area contributed by atoms with Crippen molar-refractivity contribution >= 4 is 28.5 Å². The Labute approximate surface area is 186 Å². The maximum atomic E-state index is 12.7. The van der Waals surface area contributed by atoms with Gasteiger partial charge in [-0.3, -0.25) is 9.59 Å². The van der Waals surface area contributed by atoms with Crippen LogP contribution in [0.1, 0.15) is 48.4 Å². The summed E-state index contributed by atoms with van der Waals surface area (Å²) in [6.45, 7) is 8.41. The minimum Gasteiger partial charge on any atom is -0.461 e. The SMILES string of the molecule is Cc1ccc(N2C[C@H](C(=O)OCc3cc(=O)oc4cc(C)c(C(C)C)cc34)CC2=O)cc1. The average molecular weight is 434 g/mol. The Morgan fingerprint density at radius 2 is 1.84 bits per heavy atom. The first-order chi connectivity index (χ1) is 15.2. The van der Waals surface area contributed by atoms with Crippen molar-refractivity contribution in [2.45, 2.75) is 46.6 Å². The third kappa shape index (κ3) is 4.31. The summed E-state index contributed by atoms with van der Waals surface area (Å²) in [5.41, 5.74) is 4.67. The van der Waals surface area contributed by atoms with Gasteiger partial charge in [0.25, 0.3) is 0 Å². The highest BCUT2D eigenvalue weighted by atomic mass is 16.5. The van der Waals surface area contributed by atoms with Crippen LogP contribution in [-0.4, -0.2) is 18.4 Å². The van der Waals surface area contributed by atoms with Crippen molar-refractivity contribution in [2.75, 3.05) is 11.4 Å². The first-order valence-electron chi connectivity index (χ1n) is 10.8. The Bertz CT molecular complexity index is 1240. The van der Waals surface area contributed by atoms with Crippen molar-refractivity contribution in [2.24, 2.45) is 5.92 Å². The van der Waals surface area contributed by atoms with E-state index < -0.39 is 17.5 Å². The van der Waals surface area contributed by atoms with E-state index in [0.717, 1.165) is 27.8 Å². The van der Waals surface area contributed by atoms with Crippen molar-refractivity contribution in [3.05, 3.63) is 75.1 Å². The minimum atomic E-state index is -0.538. The highest BCUT2D eigenvalue weighted by Crippen LogP contribution is 2.29. The fourth-order valence-electron chi connectivity index (χ4n) is 4.24. The minimum absolute atomic E-state index is 0.0449. The number of carbonyl (C=O) groups is 2. The van der Waals surface area contributed by atoms with Crippen LogP contribution in [0, 0.1) is 19.8 Å². The molecule has 0 saturated carbocycles. The molecule has 2 aromatic carbocycles. The molecule has 2 heterocycles. The summed E-state index contributed by atoms with van der Waals surface area (Å²) in [6.07, 6.45) is 0.112. The normalized spacial score (nSPS) is 16.2. The summed E-state index contributed by atoms with van der Waals surface area (Å²) >= 11 is 0. The second kappa shape index (κ2) is 8.61. The summed E-state index contributed by atoms with van der Waals surface area (Å²) in [5.74, 6) is -0.771. The number of nitrogens with zero attached hydrogens (tertiary/aromatic N) is 1. The Morgan fingerprint density at radius 1 is 1.12 bits per heavy atom. The number of hydrogen-bond acceptors (Lipinski definition) is 5. The number of anilines is 1. The summed E-state index contributed by atoms with van der Waals surface area (Å²) in [6, 6.07) is 12.9. The van der Waals surface area contributed by atoms with Crippen molar-refractivity contribution in [3.8, 4) is 0 Å². The maximum absolute atomic E-state index is 12.7. The van der Waals surface area contributed by atoms with Gasteiger partial charge in [0.05, 0.1) is 5.92 Å². The Kier molecular flexibility index (Phi) is 5.87. The molecule has 4 rings (SSSR count). The lowest BCUT2D eigenvalue weighted by Gasteiger charge is -2.17. The lowest BCUT2D eigenvalue weighted by molar-refractivity contribution is -0.149. The molecule has 1 fully saturated rings. The van der Waals surface area contributed by atoms with E-state index in [1.54, 1.807) is 4.90 Å². The zero-order valence-corrected chi connectivity index (χ0v) is 18.8. The van der Waals surface area contributed by atoms with Crippen LogP contribution < -0.4 is 10.5 Å². The first kappa shape index (κ1) is 21.8. The molecule has 0 bridgehead atoms. The second-order valence-electron chi connectivity index (χ2n) is 8.80. The fraction of sp³-hybridized carbons (Fsp3) is 0.346. The molecule has 166 valence electrons. The molecule has 3 aromatic rings. The number of benzene rings is 2. The molecule has 1 aliphatic rings. The summed E-state index contributed by atoms with van der Waals surface area (Å²) in [5, 5.41) is 0.760. The molecule has 1 aromatic heterocycles. The van der Waals surface area contributed by atoms with Gasteiger partial charge >= 0.3 is 11.6 Å². The molecule has 0 aliphatic carbocycles. The molecule has 0 spiro atoms. The molecule has 0 radical (unpaired) electrons. The smallest absolute Gasteiger partial charge is 0.336 e. The van der Waals surface area contributed by atoms with Crippen molar-refractivity contribution in [1.29, 1.82) is 0 Å². The van der Waals surface area contributed by atoms with Gasteiger partial charge in [-0.25, -0.2) is 4.79 Å². The molecule has 0 N–H and O–H groups in total. The van der Waals surface area contributed by atoms with Crippen LogP contribution in [0.5, 0.6) is 0 Å². The Morgan fingerprint density at radius 3 is 2.53 bits per heavy atom. The largest absolute Gasteiger partial charge is 0.461 e. The van der Waals surface area contributed by atoms with Crippen molar-refractivity contribution in [1.82, 2.24) is 0 Å². The van der Waals surface area contributed by atoms with Crippen LogP contribution in [0.4, 0.5) is 5.69 Å². The van der Waals surface area contributed by atoms with E-state index in [4.69, 9.17) is 9.15 Å². The number of hydrogen-bond donors (Lipinski definition) is 0. The third-order valence-corrected chi connectivity index (χ3v) is 6.01. The van der Waals surface area contributed by atoms with Gasteiger partial charge in [0.15, 0.2) is 0 Å². The van der Waals surface area contributed by atoms with Crippen LogP contribution in [0.2, 0.25) is 0 Å². The van der Waals surface area contributed by atoms with Gasteiger partial charge in [-0.2, -0.15) is 0 Å². The number of carbonyl (C=O) groups excluding carboxylic acids is 2.